The fourth-order valence-corrected chi connectivity index (χ4v) is 2.81. The molecule has 4 nitrogen and oxygen atoms in total. The maximum absolute atomic E-state index is 5.32. The van der Waals surface area contributed by atoms with E-state index in [4.69, 9.17) is 9.47 Å². The Labute approximate surface area is 148 Å². The third kappa shape index (κ3) is 3.79. The lowest BCUT2D eigenvalue weighted by Crippen LogP contribution is -2.03. The van der Waals surface area contributed by atoms with Gasteiger partial charge in [0.1, 0.15) is 17.3 Å². The molecule has 0 amide bonds. The summed E-state index contributed by atoms with van der Waals surface area (Å²) in [6.45, 7) is 4.08. The van der Waals surface area contributed by atoms with Gasteiger partial charge in [-0.05, 0) is 42.8 Å². The molecule has 128 valence electrons. The van der Waals surface area contributed by atoms with Crippen LogP contribution in [-0.2, 0) is 0 Å². The van der Waals surface area contributed by atoms with Gasteiger partial charge >= 0.3 is 0 Å². The Balaban J connectivity index is 1.97. The number of rotatable bonds is 5. The Hall–Kier alpha value is -2.88. The van der Waals surface area contributed by atoms with Crippen LogP contribution in [0.15, 0.2) is 54.6 Å². The first-order valence-electron chi connectivity index (χ1n) is 8.24. The minimum atomic E-state index is 0.164. The van der Waals surface area contributed by atoms with Crippen molar-refractivity contribution < 1.29 is 9.47 Å². The zero-order valence-corrected chi connectivity index (χ0v) is 15.0. The van der Waals surface area contributed by atoms with Gasteiger partial charge < -0.3 is 9.47 Å². The predicted octanol–water partition coefficient (Wildman–Crippen LogP) is 4.62. The molecule has 0 aliphatic heterocycles. The maximum atomic E-state index is 5.32. The highest BCUT2D eigenvalue weighted by Gasteiger charge is 2.13. The summed E-state index contributed by atoms with van der Waals surface area (Å²) in [5.74, 6) is 2.60. The minimum Gasteiger partial charge on any atom is -0.497 e. The second kappa shape index (κ2) is 7.34. The van der Waals surface area contributed by atoms with Gasteiger partial charge in [-0.1, -0.05) is 31.2 Å². The third-order valence-corrected chi connectivity index (χ3v) is 4.28. The maximum Gasteiger partial charge on any atom is 0.126 e. The zero-order valence-electron chi connectivity index (χ0n) is 15.0. The van der Waals surface area contributed by atoms with E-state index in [9.17, 15) is 0 Å². The average Bonchev–Trinajstić information content (AvgIpc) is 2.67. The molecule has 0 saturated carbocycles. The molecule has 0 aliphatic carbocycles. The van der Waals surface area contributed by atoms with E-state index in [0.717, 1.165) is 34.3 Å². The van der Waals surface area contributed by atoms with Crippen molar-refractivity contribution in [1.29, 1.82) is 0 Å². The predicted molar refractivity (Wildman–Crippen MR) is 99.3 cm³/mol. The molecule has 3 rings (SSSR count). The van der Waals surface area contributed by atoms with E-state index < -0.39 is 0 Å². The number of hydrogen-bond donors (Lipinski definition) is 0. The van der Waals surface area contributed by atoms with Gasteiger partial charge in [0.2, 0.25) is 0 Å². The van der Waals surface area contributed by atoms with Crippen LogP contribution in [-0.4, -0.2) is 24.2 Å². The summed E-state index contributed by atoms with van der Waals surface area (Å²) in [4.78, 5) is 9.24. The summed E-state index contributed by atoms with van der Waals surface area (Å²) in [6.07, 6.45) is 0. The highest BCUT2D eigenvalue weighted by molar-refractivity contribution is 5.61. The summed E-state index contributed by atoms with van der Waals surface area (Å²) >= 11 is 0. The van der Waals surface area contributed by atoms with Gasteiger partial charge in [-0.15, -0.1) is 0 Å². The lowest BCUT2D eigenvalue weighted by Gasteiger charge is -2.14. The standard InChI is InChI=1S/C21H22N2O2/c1-14(16-8-10-18(24-3)11-9-16)20-13-21(23-15(2)22-20)17-6-5-7-19(12-17)25-4/h5-14H,1-4H3. The summed E-state index contributed by atoms with van der Waals surface area (Å²) < 4.78 is 10.6. The third-order valence-electron chi connectivity index (χ3n) is 4.28. The van der Waals surface area contributed by atoms with E-state index in [-0.39, 0.29) is 5.92 Å². The van der Waals surface area contributed by atoms with Gasteiger partial charge in [-0.3, -0.25) is 0 Å². The van der Waals surface area contributed by atoms with Crippen LogP contribution in [0.5, 0.6) is 11.5 Å². The van der Waals surface area contributed by atoms with Gasteiger partial charge in [0.25, 0.3) is 0 Å². The van der Waals surface area contributed by atoms with Crippen molar-refractivity contribution in [1.82, 2.24) is 9.97 Å². The number of nitrogens with zero attached hydrogens (tertiary/aromatic N) is 2. The minimum absolute atomic E-state index is 0.164. The van der Waals surface area contributed by atoms with Crippen molar-refractivity contribution in [2.75, 3.05) is 14.2 Å². The van der Waals surface area contributed by atoms with Crippen molar-refractivity contribution in [2.24, 2.45) is 0 Å². The summed E-state index contributed by atoms with van der Waals surface area (Å²) in [6, 6.07) is 18.1. The molecule has 4 heteroatoms. The number of hydrogen-bond acceptors (Lipinski definition) is 4. The number of benzene rings is 2. The molecule has 2 aromatic carbocycles. The van der Waals surface area contributed by atoms with E-state index in [1.165, 1.54) is 5.56 Å². The second-order valence-corrected chi connectivity index (χ2v) is 5.95. The number of aromatic nitrogens is 2. The Morgan fingerprint density at radius 2 is 1.56 bits per heavy atom. The molecule has 25 heavy (non-hydrogen) atoms. The quantitative estimate of drug-likeness (QED) is 0.683. The molecule has 1 aromatic heterocycles. The molecule has 0 radical (unpaired) electrons. The van der Waals surface area contributed by atoms with E-state index in [1.54, 1.807) is 14.2 Å². The first-order chi connectivity index (χ1) is 12.1. The molecular formula is C21H22N2O2. The van der Waals surface area contributed by atoms with Gasteiger partial charge in [0.05, 0.1) is 25.6 Å². The number of methoxy groups -OCH3 is 2. The monoisotopic (exact) mass is 334 g/mol. The lowest BCUT2D eigenvalue weighted by atomic mass is 9.96. The molecule has 3 aromatic rings. The Morgan fingerprint density at radius 3 is 2.24 bits per heavy atom. The van der Waals surface area contributed by atoms with Crippen molar-refractivity contribution in [3.05, 3.63) is 71.7 Å². The second-order valence-electron chi connectivity index (χ2n) is 5.95. The first kappa shape index (κ1) is 17.0. The Bertz CT molecular complexity index is 860. The SMILES string of the molecule is COc1ccc(C(C)c2cc(-c3cccc(OC)c3)nc(C)n2)cc1. The van der Waals surface area contributed by atoms with Crippen LogP contribution in [0.25, 0.3) is 11.3 Å². The van der Waals surface area contributed by atoms with E-state index in [2.05, 4.69) is 35.1 Å². The summed E-state index contributed by atoms with van der Waals surface area (Å²) in [7, 11) is 3.34. The van der Waals surface area contributed by atoms with Gasteiger partial charge in [0.15, 0.2) is 0 Å². The number of ether oxygens (including phenoxy) is 2. The molecule has 1 atom stereocenters. The van der Waals surface area contributed by atoms with Crippen molar-refractivity contribution in [3.63, 3.8) is 0 Å². The van der Waals surface area contributed by atoms with Crippen LogP contribution in [0.1, 0.15) is 29.9 Å². The normalized spacial score (nSPS) is 11.8. The van der Waals surface area contributed by atoms with Crippen LogP contribution in [0.2, 0.25) is 0 Å². The molecule has 0 spiro atoms. The van der Waals surface area contributed by atoms with Crippen LogP contribution >= 0.6 is 0 Å². The van der Waals surface area contributed by atoms with Crippen molar-refractivity contribution in [3.8, 4) is 22.8 Å². The van der Waals surface area contributed by atoms with Gasteiger partial charge in [0, 0.05) is 11.5 Å². The molecule has 1 unspecified atom stereocenters. The van der Waals surface area contributed by atoms with Crippen LogP contribution in [0.3, 0.4) is 0 Å². The Kier molecular flexibility index (Phi) is 4.98. The molecule has 0 aliphatic rings. The Morgan fingerprint density at radius 1 is 0.840 bits per heavy atom. The van der Waals surface area contributed by atoms with E-state index >= 15 is 0 Å². The highest BCUT2D eigenvalue weighted by atomic mass is 16.5. The van der Waals surface area contributed by atoms with Gasteiger partial charge in [-0.25, -0.2) is 9.97 Å². The first-order valence-corrected chi connectivity index (χ1v) is 8.24. The fraction of sp³-hybridized carbons (Fsp3) is 0.238. The highest BCUT2D eigenvalue weighted by Crippen LogP contribution is 2.28. The largest absolute Gasteiger partial charge is 0.497 e. The average molecular weight is 334 g/mol. The molecule has 1 heterocycles. The smallest absolute Gasteiger partial charge is 0.126 e. The van der Waals surface area contributed by atoms with E-state index in [0.29, 0.717) is 0 Å². The van der Waals surface area contributed by atoms with Crippen LogP contribution < -0.4 is 9.47 Å². The fourth-order valence-electron chi connectivity index (χ4n) is 2.81. The summed E-state index contributed by atoms with van der Waals surface area (Å²) in [5.41, 5.74) is 4.11. The summed E-state index contributed by atoms with van der Waals surface area (Å²) in [5, 5.41) is 0. The van der Waals surface area contributed by atoms with Gasteiger partial charge in [-0.2, -0.15) is 0 Å². The molecular weight excluding hydrogens is 312 g/mol. The molecule has 0 bridgehead atoms. The van der Waals surface area contributed by atoms with Crippen molar-refractivity contribution >= 4 is 0 Å². The number of aryl methyl sites for hydroxylation is 1. The topological polar surface area (TPSA) is 44.2 Å². The lowest BCUT2D eigenvalue weighted by molar-refractivity contribution is 0.414. The molecule has 0 N–H and O–H groups in total. The van der Waals surface area contributed by atoms with Crippen LogP contribution in [0.4, 0.5) is 0 Å². The van der Waals surface area contributed by atoms with Crippen molar-refractivity contribution in [2.45, 2.75) is 19.8 Å². The van der Waals surface area contributed by atoms with Crippen LogP contribution in [0, 0.1) is 6.92 Å². The zero-order chi connectivity index (χ0) is 17.8. The molecule has 0 saturated heterocycles. The molecule has 0 fully saturated rings. The van der Waals surface area contributed by atoms with E-state index in [1.807, 2.05) is 43.3 Å².